The highest BCUT2D eigenvalue weighted by molar-refractivity contribution is 5.97. The molecular formula is C21H22N2O4. The fourth-order valence-electron chi connectivity index (χ4n) is 4.49. The molecule has 1 aromatic carbocycles. The highest BCUT2D eigenvalue weighted by Crippen LogP contribution is 2.42. The summed E-state index contributed by atoms with van der Waals surface area (Å²) in [5.74, 6) is -0.0273. The monoisotopic (exact) mass is 366 g/mol. The molecule has 0 unspecified atom stereocenters. The molecule has 0 radical (unpaired) electrons. The lowest BCUT2D eigenvalue weighted by Crippen LogP contribution is -2.43. The highest BCUT2D eigenvalue weighted by Gasteiger charge is 2.49. The number of carboxylic acids is 1. The van der Waals surface area contributed by atoms with Gasteiger partial charge in [0.15, 0.2) is 0 Å². The number of carboxylic acid groups (broad SMARTS) is 1. The summed E-state index contributed by atoms with van der Waals surface area (Å²) >= 11 is 0. The summed E-state index contributed by atoms with van der Waals surface area (Å²) in [6.07, 6.45) is 6.15. The van der Waals surface area contributed by atoms with Crippen LogP contribution in [0.3, 0.4) is 0 Å². The van der Waals surface area contributed by atoms with Gasteiger partial charge in [0.25, 0.3) is 5.91 Å². The van der Waals surface area contributed by atoms with Gasteiger partial charge in [0.1, 0.15) is 11.8 Å². The minimum atomic E-state index is -0.906. The van der Waals surface area contributed by atoms with Gasteiger partial charge in [-0.3, -0.25) is 9.78 Å². The molecule has 2 aliphatic rings. The van der Waals surface area contributed by atoms with Crippen LogP contribution < -0.4 is 4.74 Å². The lowest BCUT2D eigenvalue weighted by molar-refractivity contribution is -0.142. The molecule has 0 bridgehead atoms. The topological polar surface area (TPSA) is 79.7 Å². The van der Waals surface area contributed by atoms with E-state index in [1.165, 1.54) is 11.1 Å². The third-order valence-corrected chi connectivity index (χ3v) is 5.81. The predicted octanol–water partition coefficient (Wildman–Crippen LogP) is 3.08. The van der Waals surface area contributed by atoms with Crippen LogP contribution in [0.2, 0.25) is 0 Å². The summed E-state index contributed by atoms with van der Waals surface area (Å²) < 4.78 is 5.17. The number of hydrogen-bond acceptors (Lipinski definition) is 4. The second-order valence-electron chi connectivity index (χ2n) is 7.29. The van der Waals surface area contributed by atoms with Crippen molar-refractivity contribution in [3.63, 3.8) is 0 Å². The largest absolute Gasteiger partial charge is 0.497 e. The minimum Gasteiger partial charge on any atom is -0.497 e. The minimum absolute atomic E-state index is 0.0733. The predicted molar refractivity (Wildman–Crippen MR) is 99.5 cm³/mol. The molecule has 1 saturated carbocycles. The third-order valence-electron chi connectivity index (χ3n) is 5.81. The summed E-state index contributed by atoms with van der Waals surface area (Å²) in [6.45, 7) is 0.521. The standard InChI is InChI=1S/C21H22N2O4/c1-27-17-7-5-13(6-8-17)15-9-16(11-22-10-15)20(24)23-12-14-3-2-4-18(14)19(23)21(25)26/h5-11,14,18-19H,2-4,12H2,1H3,(H,25,26)/t14-,18+,19-/m0/s1. The van der Waals surface area contributed by atoms with Crippen molar-refractivity contribution in [2.45, 2.75) is 25.3 Å². The smallest absolute Gasteiger partial charge is 0.326 e. The Morgan fingerprint density at radius 3 is 2.63 bits per heavy atom. The SMILES string of the molecule is COc1ccc(-c2cncc(C(=O)N3C[C@@H]4CCC[C@H]4[C@H]3C(=O)O)c2)cc1. The molecule has 6 nitrogen and oxygen atoms in total. The number of pyridine rings is 1. The lowest BCUT2D eigenvalue weighted by atomic mass is 9.94. The molecule has 0 spiro atoms. The molecule has 6 heteroatoms. The van der Waals surface area contributed by atoms with Gasteiger partial charge in [-0.1, -0.05) is 18.6 Å². The molecule has 1 aliphatic carbocycles. The molecule has 4 rings (SSSR count). The number of methoxy groups -OCH3 is 1. The molecular weight excluding hydrogens is 344 g/mol. The van der Waals surface area contributed by atoms with Crippen molar-refractivity contribution in [1.82, 2.24) is 9.88 Å². The van der Waals surface area contributed by atoms with Crippen molar-refractivity contribution in [1.29, 1.82) is 0 Å². The van der Waals surface area contributed by atoms with Gasteiger partial charge < -0.3 is 14.7 Å². The van der Waals surface area contributed by atoms with Gasteiger partial charge in [-0.15, -0.1) is 0 Å². The van der Waals surface area contributed by atoms with E-state index in [2.05, 4.69) is 4.98 Å². The molecule has 3 atom stereocenters. The number of ether oxygens (including phenoxy) is 1. The van der Waals surface area contributed by atoms with E-state index in [-0.39, 0.29) is 11.8 Å². The number of rotatable bonds is 4. The highest BCUT2D eigenvalue weighted by atomic mass is 16.5. The van der Waals surface area contributed by atoms with Gasteiger partial charge in [-0.05, 0) is 48.4 Å². The molecule has 1 aliphatic heterocycles. The first-order valence-electron chi connectivity index (χ1n) is 9.21. The van der Waals surface area contributed by atoms with Crippen molar-refractivity contribution in [3.05, 3.63) is 48.3 Å². The zero-order valence-corrected chi connectivity index (χ0v) is 15.2. The van der Waals surface area contributed by atoms with Crippen molar-refractivity contribution < 1.29 is 19.4 Å². The van der Waals surface area contributed by atoms with E-state index in [1.54, 1.807) is 19.4 Å². The quantitative estimate of drug-likeness (QED) is 0.899. The molecule has 1 saturated heterocycles. The zero-order valence-electron chi connectivity index (χ0n) is 15.2. The van der Waals surface area contributed by atoms with Crippen LogP contribution in [-0.4, -0.2) is 46.6 Å². The first-order valence-corrected chi connectivity index (χ1v) is 9.21. The Kier molecular flexibility index (Phi) is 4.56. The van der Waals surface area contributed by atoms with Crippen LogP contribution in [0.25, 0.3) is 11.1 Å². The zero-order chi connectivity index (χ0) is 19.0. The van der Waals surface area contributed by atoms with Gasteiger partial charge in [-0.25, -0.2) is 4.79 Å². The Hall–Kier alpha value is -2.89. The molecule has 2 fully saturated rings. The van der Waals surface area contributed by atoms with E-state index in [9.17, 15) is 14.7 Å². The second kappa shape index (κ2) is 7.02. The van der Waals surface area contributed by atoms with Gasteiger partial charge in [-0.2, -0.15) is 0 Å². The fourth-order valence-corrected chi connectivity index (χ4v) is 4.49. The fraction of sp³-hybridized carbons (Fsp3) is 0.381. The molecule has 2 heterocycles. The maximum absolute atomic E-state index is 13.1. The molecule has 27 heavy (non-hydrogen) atoms. The lowest BCUT2D eigenvalue weighted by Gasteiger charge is -2.24. The number of benzene rings is 1. The average molecular weight is 366 g/mol. The summed E-state index contributed by atoms with van der Waals surface area (Å²) in [6, 6.07) is 8.58. The number of hydrogen-bond donors (Lipinski definition) is 1. The summed E-state index contributed by atoms with van der Waals surface area (Å²) in [7, 11) is 1.61. The van der Waals surface area contributed by atoms with Crippen LogP contribution >= 0.6 is 0 Å². The van der Waals surface area contributed by atoms with Crippen molar-refractivity contribution in [2.75, 3.05) is 13.7 Å². The Morgan fingerprint density at radius 1 is 1.15 bits per heavy atom. The van der Waals surface area contributed by atoms with E-state index < -0.39 is 12.0 Å². The van der Waals surface area contributed by atoms with Crippen molar-refractivity contribution in [3.8, 4) is 16.9 Å². The van der Waals surface area contributed by atoms with Crippen LogP contribution in [0.5, 0.6) is 5.75 Å². The molecule has 1 aromatic heterocycles. The van der Waals surface area contributed by atoms with E-state index in [0.29, 0.717) is 18.0 Å². The summed E-state index contributed by atoms with van der Waals surface area (Å²) in [4.78, 5) is 30.6. The van der Waals surface area contributed by atoms with Crippen LogP contribution in [0.1, 0.15) is 29.6 Å². The Labute approximate surface area is 157 Å². The summed E-state index contributed by atoms with van der Waals surface area (Å²) in [5, 5.41) is 9.69. The number of nitrogens with zero attached hydrogens (tertiary/aromatic N) is 2. The molecule has 1 amide bonds. The number of likely N-dealkylation sites (tertiary alicyclic amines) is 1. The Morgan fingerprint density at radius 2 is 1.93 bits per heavy atom. The number of aromatic nitrogens is 1. The van der Waals surface area contributed by atoms with E-state index in [1.807, 2.05) is 24.3 Å². The second-order valence-corrected chi connectivity index (χ2v) is 7.29. The van der Waals surface area contributed by atoms with E-state index in [0.717, 1.165) is 36.1 Å². The van der Waals surface area contributed by atoms with Crippen molar-refractivity contribution in [2.24, 2.45) is 11.8 Å². The Balaban J connectivity index is 1.61. The van der Waals surface area contributed by atoms with Gasteiger partial charge in [0, 0.05) is 24.5 Å². The summed E-state index contributed by atoms with van der Waals surface area (Å²) in [5.41, 5.74) is 2.16. The number of amides is 1. The number of fused-ring (bicyclic) bond motifs is 1. The first-order chi connectivity index (χ1) is 13.1. The average Bonchev–Trinajstić information content (AvgIpc) is 3.28. The van der Waals surface area contributed by atoms with Gasteiger partial charge >= 0.3 is 5.97 Å². The molecule has 2 aromatic rings. The van der Waals surface area contributed by atoms with Crippen molar-refractivity contribution >= 4 is 11.9 Å². The number of carbonyl (C=O) groups excluding carboxylic acids is 1. The normalized spacial score (nSPS) is 23.9. The van der Waals surface area contributed by atoms with Crippen LogP contribution in [0.15, 0.2) is 42.7 Å². The van der Waals surface area contributed by atoms with E-state index >= 15 is 0 Å². The van der Waals surface area contributed by atoms with Crippen LogP contribution in [0.4, 0.5) is 0 Å². The van der Waals surface area contributed by atoms with Gasteiger partial charge in [0.05, 0.1) is 12.7 Å². The Bertz CT molecular complexity index is 865. The number of carbonyl (C=O) groups is 2. The molecule has 1 N–H and O–H groups in total. The van der Waals surface area contributed by atoms with E-state index in [4.69, 9.17) is 4.74 Å². The maximum atomic E-state index is 13.1. The molecule has 140 valence electrons. The van der Waals surface area contributed by atoms with Crippen LogP contribution in [0, 0.1) is 11.8 Å². The van der Waals surface area contributed by atoms with Gasteiger partial charge in [0.2, 0.25) is 0 Å². The third kappa shape index (κ3) is 3.16. The van der Waals surface area contributed by atoms with Crippen LogP contribution in [-0.2, 0) is 4.79 Å². The maximum Gasteiger partial charge on any atom is 0.326 e. The number of aliphatic carboxylic acids is 1. The first kappa shape index (κ1) is 17.5.